The highest BCUT2D eigenvalue weighted by Crippen LogP contribution is 2.22. The van der Waals surface area contributed by atoms with Crippen molar-refractivity contribution in [3.63, 3.8) is 0 Å². The highest BCUT2D eigenvalue weighted by atomic mass is 16.1. The van der Waals surface area contributed by atoms with Crippen LogP contribution < -0.4 is 0 Å². The summed E-state index contributed by atoms with van der Waals surface area (Å²) < 4.78 is 0. The SMILES string of the molecule is O=C1CCc2nc3ccccc3cc2C1. The molecule has 1 aliphatic carbocycles. The minimum Gasteiger partial charge on any atom is -0.299 e. The van der Waals surface area contributed by atoms with Gasteiger partial charge in [-0.15, -0.1) is 0 Å². The van der Waals surface area contributed by atoms with E-state index in [0.29, 0.717) is 18.6 Å². The molecule has 0 spiro atoms. The van der Waals surface area contributed by atoms with Crippen LogP contribution in [0.1, 0.15) is 17.7 Å². The highest BCUT2D eigenvalue weighted by Gasteiger charge is 2.16. The first-order chi connectivity index (χ1) is 7.33. The number of hydrogen-bond donors (Lipinski definition) is 0. The second-order valence-electron chi connectivity index (χ2n) is 4.00. The molecule has 0 amide bonds. The largest absolute Gasteiger partial charge is 0.299 e. The summed E-state index contributed by atoms with van der Waals surface area (Å²) in [5.41, 5.74) is 3.25. The number of aryl methyl sites for hydroxylation is 1. The summed E-state index contributed by atoms with van der Waals surface area (Å²) >= 11 is 0. The van der Waals surface area contributed by atoms with Gasteiger partial charge in [0, 0.05) is 23.9 Å². The summed E-state index contributed by atoms with van der Waals surface area (Å²) in [5.74, 6) is 0.333. The van der Waals surface area contributed by atoms with Gasteiger partial charge in [0.15, 0.2) is 0 Å². The van der Waals surface area contributed by atoms with E-state index in [1.165, 1.54) is 0 Å². The van der Waals surface area contributed by atoms with E-state index >= 15 is 0 Å². The molecule has 1 aromatic heterocycles. The molecule has 0 N–H and O–H groups in total. The number of benzene rings is 1. The maximum absolute atomic E-state index is 11.3. The van der Waals surface area contributed by atoms with Crippen LogP contribution in [-0.4, -0.2) is 10.8 Å². The van der Waals surface area contributed by atoms with E-state index in [0.717, 1.165) is 28.6 Å². The Bertz CT molecular complexity index is 545. The first kappa shape index (κ1) is 8.60. The zero-order chi connectivity index (χ0) is 10.3. The summed E-state index contributed by atoms with van der Waals surface area (Å²) in [5, 5.41) is 1.13. The lowest BCUT2D eigenvalue weighted by Crippen LogP contribution is -2.14. The number of Topliss-reactive ketones (excluding diaryl/α,β-unsaturated/α-hetero) is 1. The Kier molecular flexibility index (Phi) is 1.81. The molecule has 0 fully saturated rings. The van der Waals surface area contributed by atoms with Gasteiger partial charge in [-0.3, -0.25) is 9.78 Å². The predicted molar refractivity (Wildman–Crippen MR) is 58.8 cm³/mol. The summed E-state index contributed by atoms with van der Waals surface area (Å²) in [4.78, 5) is 15.9. The van der Waals surface area contributed by atoms with E-state index in [4.69, 9.17) is 0 Å². The molecule has 2 nitrogen and oxygen atoms in total. The Morgan fingerprint density at radius 2 is 2.00 bits per heavy atom. The molecule has 15 heavy (non-hydrogen) atoms. The van der Waals surface area contributed by atoms with Crippen molar-refractivity contribution in [2.75, 3.05) is 0 Å². The van der Waals surface area contributed by atoms with Crippen molar-refractivity contribution in [1.82, 2.24) is 4.98 Å². The molecular weight excluding hydrogens is 186 g/mol. The molecule has 1 aliphatic rings. The molecule has 0 bridgehead atoms. The van der Waals surface area contributed by atoms with E-state index in [2.05, 4.69) is 11.1 Å². The van der Waals surface area contributed by atoms with E-state index in [1.54, 1.807) is 0 Å². The molecule has 74 valence electrons. The molecule has 0 unspecified atom stereocenters. The number of aromatic nitrogens is 1. The van der Waals surface area contributed by atoms with Crippen LogP contribution in [0.3, 0.4) is 0 Å². The lowest BCUT2D eigenvalue weighted by Gasteiger charge is -2.14. The molecule has 1 aromatic carbocycles. The molecule has 0 aliphatic heterocycles. The molecule has 2 heteroatoms. The zero-order valence-corrected chi connectivity index (χ0v) is 8.36. The Morgan fingerprint density at radius 1 is 1.13 bits per heavy atom. The number of carbonyl (C=O) groups excluding carboxylic acids is 1. The number of hydrogen-bond acceptors (Lipinski definition) is 2. The van der Waals surface area contributed by atoms with Crippen molar-refractivity contribution < 1.29 is 4.79 Å². The average Bonchev–Trinajstić information content (AvgIpc) is 2.26. The molecule has 1 heterocycles. The van der Waals surface area contributed by atoms with E-state index < -0.39 is 0 Å². The third-order valence-electron chi connectivity index (χ3n) is 2.92. The number of pyridine rings is 1. The zero-order valence-electron chi connectivity index (χ0n) is 8.36. The minimum absolute atomic E-state index is 0.333. The van der Waals surface area contributed by atoms with Crippen LogP contribution in [0, 0.1) is 0 Å². The number of fused-ring (bicyclic) bond motifs is 2. The van der Waals surface area contributed by atoms with Gasteiger partial charge in [0.25, 0.3) is 0 Å². The van der Waals surface area contributed by atoms with Gasteiger partial charge in [0.2, 0.25) is 0 Å². The Balaban J connectivity index is 2.24. The van der Waals surface area contributed by atoms with Crippen molar-refractivity contribution in [3.8, 4) is 0 Å². The van der Waals surface area contributed by atoms with Crippen LogP contribution in [0.2, 0.25) is 0 Å². The van der Waals surface area contributed by atoms with Crippen molar-refractivity contribution in [2.24, 2.45) is 0 Å². The Morgan fingerprint density at radius 3 is 2.93 bits per heavy atom. The fourth-order valence-electron chi connectivity index (χ4n) is 2.13. The van der Waals surface area contributed by atoms with Gasteiger partial charge in [-0.25, -0.2) is 0 Å². The number of rotatable bonds is 0. The third-order valence-corrected chi connectivity index (χ3v) is 2.92. The average molecular weight is 197 g/mol. The van der Waals surface area contributed by atoms with Gasteiger partial charge in [-0.2, -0.15) is 0 Å². The van der Waals surface area contributed by atoms with Crippen molar-refractivity contribution >= 4 is 16.7 Å². The van der Waals surface area contributed by atoms with Crippen LogP contribution in [-0.2, 0) is 17.6 Å². The van der Waals surface area contributed by atoms with E-state index in [9.17, 15) is 4.79 Å². The standard InChI is InChI=1S/C13H11NO/c15-11-5-6-13-10(8-11)7-9-3-1-2-4-12(9)14-13/h1-4,7H,5-6,8H2. The maximum atomic E-state index is 11.3. The predicted octanol–water partition coefficient (Wildman–Crippen LogP) is 2.29. The molecule has 3 rings (SSSR count). The van der Waals surface area contributed by atoms with Crippen LogP contribution in [0.15, 0.2) is 30.3 Å². The van der Waals surface area contributed by atoms with Gasteiger partial charge < -0.3 is 0 Å². The van der Waals surface area contributed by atoms with Crippen LogP contribution >= 0.6 is 0 Å². The molecule has 2 aromatic rings. The van der Waals surface area contributed by atoms with Crippen molar-refractivity contribution in [1.29, 1.82) is 0 Å². The van der Waals surface area contributed by atoms with Gasteiger partial charge >= 0.3 is 0 Å². The van der Waals surface area contributed by atoms with Gasteiger partial charge in [-0.1, -0.05) is 18.2 Å². The quantitative estimate of drug-likeness (QED) is 0.648. The van der Waals surface area contributed by atoms with Crippen LogP contribution in [0.25, 0.3) is 10.9 Å². The monoisotopic (exact) mass is 197 g/mol. The summed E-state index contributed by atoms with van der Waals surface area (Å²) in [6, 6.07) is 10.2. The number of nitrogens with zero attached hydrogens (tertiary/aromatic N) is 1. The van der Waals surface area contributed by atoms with Gasteiger partial charge in [0.1, 0.15) is 5.78 Å². The summed E-state index contributed by atoms with van der Waals surface area (Å²) in [7, 11) is 0. The number of ketones is 1. The van der Waals surface area contributed by atoms with Crippen molar-refractivity contribution in [3.05, 3.63) is 41.6 Å². The first-order valence-electron chi connectivity index (χ1n) is 5.22. The second kappa shape index (κ2) is 3.16. The number of carbonyl (C=O) groups is 1. The molecular formula is C13H11NO. The van der Waals surface area contributed by atoms with Gasteiger partial charge in [-0.05, 0) is 24.1 Å². The number of para-hydroxylation sites is 1. The van der Waals surface area contributed by atoms with Crippen LogP contribution in [0.4, 0.5) is 0 Å². The van der Waals surface area contributed by atoms with Crippen LogP contribution in [0.5, 0.6) is 0 Å². The second-order valence-corrected chi connectivity index (χ2v) is 4.00. The summed E-state index contributed by atoms with van der Waals surface area (Å²) in [6.07, 6.45) is 2.02. The van der Waals surface area contributed by atoms with Gasteiger partial charge in [0.05, 0.1) is 5.52 Å². The molecule has 0 saturated heterocycles. The third kappa shape index (κ3) is 1.42. The lowest BCUT2D eigenvalue weighted by molar-refractivity contribution is -0.118. The normalized spacial score (nSPS) is 15.3. The van der Waals surface area contributed by atoms with Crippen molar-refractivity contribution in [2.45, 2.75) is 19.3 Å². The molecule has 0 saturated carbocycles. The molecule has 0 radical (unpaired) electrons. The minimum atomic E-state index is 0.333. The Hall–Kier alpha value is -1.70. The lowest BCUT2D eigenvalue weighted by atomic mass is 9.94. The van der Waals surface area contributed by atoms with E-state index in [1.807, 2.05) is 24.3 Å². The fraction of sp³-hybridized carbons (Fsp3) is 0.231. The summed E-state index contributed by atoms with van der Waals surface area (Å²) in [6.45, 7) is 0. The first-order valence-corrected chi connectivity index (χ1v) is 5.22. The topological polar surface area (TPSA) is 30.0 Å². The van der Waals surface area contributed by atoms with E-state index in [-0.39, 0.29) is 0 Å². The fourth-order valence-corrected chi connectivity index (χ4v) is 2.13. The molecule has 0 atom stereocenters. The highest BCUT2D eigenvalue weighted by molar-refractivity contribution is 5.86. The maximum Gasteiger partial charge on any atom is 0.137 e. The Labute approximate surface area is 87.9 Å². The smallest absolute Gasteiger partial charge is 0.137 e.